The lowest BCUT2D eigenvalue weighted by atomic mass is 10.2. The molecule has 0 radical (unpaired) electrons. The highest BCUT2D eigenvalue weighted by Crippen LogP contribution is 2.25. The highest BCUT2D eigenvalue weighted by molar-refractivity contribution is 5.54. The molecular weight excluding hydrogens is 354 g/mol. The average Bonchev–Trinajstić information content (AvgIpc) is 3.09. The molecule has 3 rings (SSSR count). The van der Waals surface area contributed by atoms with Gasteiger partial charge in [-0.15, -0.1) is 0 Å². The second kappa shape index (κ2) is 7.98. The van der Waals surface area contributed by atoms with E-state index in [9.17, 15) is 8.78 Å². The molecular formula is C18H20F2N6O. The standard InChI is InChI=1S/C18H20F2N6O/c1-4-26-10-14(9-23-26)24-18-22-7-11(2)17(25-18)21-8-12-5-13(19)6-15(20)16(12)27-3/h5-7,9-10H,4,8H2,1-3H3,(H2,21,22,24,25). The summed E-state index contributed by atoms with van der Waals surface area (Å²) in [5.41, 5.74) is 1.91. The molecule has 0 aliphatic heterocycles. The predicted octanol–water partition coefficient (Wildman–Crippen LogP) is 3.64. The summed E-state index contributed by atoms with van der Waals surface area (Å²) in [5.74, 6) is -0.483. The van der Waals surface area contributed by atoms with E-state index in [2.05, 4.69) is 25.7 Å². The Kier molecular flexibility index (Phi) is 5.49. The molecule has 0 amide bonds. The number of aromatic nitrogens is 4. The molecule has 2 N–H and O–H groups in total. The molecule has 0 aliphatic carbocycles. The predicted molar refractivity (Wildman–Crippen MR) is 98.2 cm³/mol. The first kappa shape index (κ1) is 18.6. The smallest absolute Gasteiger partial charge is 0.229 e. The summed E-state index contributed by atoms with van der Waals surface area (Å²) < 4.78 is 34.1. The van der Waals surface area contributed by atoms with Crippen LogP contribution in [-0.2, 0) is 13.1 Å². The number of rotatable bonds is 7. The minimum Gasteiger partial charge on any atom is -0.493 e. The van der Waals surface area contributed by atoms with Crippen molar-refractivity contribution >= 4 is 17.5 Å². The summed E-state index contributed by atoms with van der Waals surface area (Å²) in [6.45, 7) is 4.73. The van der Waals surface area contributed by atoms with Gasteiger partial charge in [0.1, 0.15) is 11.6 Å². The minimum absolute atomic E-state index is 0.000868. The van der Waals surface area contributed by atoms with Crippen LogP contribution in [0.4, 0.5) is 26.2 Å². The van der Waals surface area contributed by atoms with Crippen LogP contribution in [0.2, 0.25) is 0 Å². The maximum absolute atomic E-state index is 13.8. The first-order chi connectivity index (χ1) is 13.0. The van der Waals surface area contributed by atoms with Gasteiger partial charge in [-0.2, -0.15) is 10.1 Å². The van der Waals surface area contributed by atoms with Gasteiger partial charge in [-0.1, -0.05) is 0 Å². The zero-order valence-corrected chi connectivity index (χ0v) is 15.3. The second-order valence-corrected chi connectivity index (χ2v) is 5.87. The third-order valence-corrected chi connectivity index (χ3v) is 3.92. The molecule has 0 fully saturated rings. The molecule has 1 aromatic carbocycles. The molecule has 142 valence electrons. The summed E-state index contributed by atoms with van der Waals surface area (Å²) in [7, 11) is 1.34. The number of benzene rings is 1. The Morgan fingerprint density at radius 1 is 1.22 bits per heavy atom. The lowest BCUT2D eigenvalue weighted by molar-refractivity contribution is 0.379. The molecule has 0 spiro atoms. The number of nitrogens with one attached hydrogen (secondary N) is 2. The van der Waals surface area contributed by atoms with Crippen molar-refractivity contribution in [3.63, 3.8) is 0 Å². The van der Waals surface area contributed by atoms with E-state index in [-0.39, 0.29) is 12.3 Å². The number of aryl methyl sites for hydroxylation is 2. The average molecular weight is 374 g/mol. The lowest BCUT2D eigenvalue weighted by Crippen LogP contribution is -2.08. The van der Waals surface area contributed by atoms with E-state index in [1.165, 1.54) is 13.2 Å². The van der Waals surface area contributed by atoms with Gasteiger partial charge in [0.05, 0.1) is 19.0 Å². The van der Waals surface area contributed by atoms with Crippen LogP contribution in [0.1, 0.15) is 18.1 Å². The molecule has 0 aliphatic rings. The number of nitrogens with zero attached hydrogens (tertiary/aromatic N) is 4. The van der Waals surface area contributed by atoms with Gasteiger partial charge in [0.25, 0.3) is 0 Å². The molecule has 0 atom stereocenters. The summed E-state index contributed by atoms with van der Waals surface area (Å²) in [4.78, 5) is 8.66. The molecule has 2 aromatic heterocycles. The van der Waals surface area contributed by atoms with Crippen molar-refractivity contribution in [3.05, 3.63) is 53.5 Å². The number of anilines is 3. The van der Waals surface area contributed by atoms with Crippen LogP contribution in [0, 0.1) is 18.6 Å². The normalized spacial score (nSPS) is 10.7. The van der Waals surface area contributed by atoms with Crippen LogP contribution in [0.15, 0.2) is 30.7 Å². The van der Waals surface area contributed by atoms with E-state index < -0.39 is 11.6 Å². The molecule has 0 saturated heterocycles. The van der Waals surface area contributed by atoms with Gasteiger partial charge >= 0.3 is 0 Å². The van der Waals surface area contributed by atoms with Crippen LogP contribution >= 0.6 is 0 Å². The van der Waals surface area contributed by atoms with Gasteiger partial charge in [-0.3, -0.25) is 4.68 Å². The lowest BCUT2D eigenvalue weighted by Gasteiger charge is -2.13. The fourth-order valence-electron chi connectivity index (χ4n) is 2.56. The molecule has 9 heteroatoms. The van der Waals surface area contributed by atoms with Crippen molar-refractivity contribution in [2.45, 2.75) is 26.9 Å². The van der Waals surface area contributed by atoms with Gasteiger partial charge in [0.15, 0.2) is 11.6 Å². The van der Waals surface area contributed by atoms with Crippen LogP contribution < -0.4 is 15.4 Å². The highest BCUT2D eigenvalue weighted by atomic mass is 19.1. The van der Waals surface area contributed by atoms with Crippen molar-refractivity contribution < 1.29 is 13.5 Å². The molecule has 3 aromatic rings. The van der Waals surface area contributed by atoms with Gasteiger partial charge in [0.2, 0.25) is 5.95 Å². The van der Waals surface area contributed by atoms with E-state index in [0.717, 1.165) is 23.9 Å². The largest absolute Gasteiger partial charge is 0.493 e. The number of hydrogen-bond acceptors (Lipinski definition) is 6. The molecule has 0 saturated carbocycles. The van der Waals surface area contributed by atoms with E-state index in [1.807, 2.05) is 20.0 Å². The van der Waals surface area contributed by atoms with E-state index in [0.29, 0.717) is 17.3 Å². The number of hydrogen-bond donors (Lipinski definition) is 2. The summed E-state index contributed by atoms with van der Waals surface area (Å²) >= 11 is 0. The second-order valence-electron chi connectivity index (χ2n) is 5.87. The molecule has 2 heterocycles. The van der Waals surface area contributed by atoms with Crippen LogP contribution in [0.5, 0.6) is 5.75 Å². The number of methoxy groups -OCH3 is 1. The molecule has 27 heavy (non-hydrogen) atoms. The Morgan fingerprint density at radius 2 is 2.04 bits per heavy atom. The van der Waals surface area contributed by atoms with Crippen molar-refractivity contribution in [1.82, 2.24) is 19.7 Å². The van der Waals surface area contributed by atoms with Gasteiger partial charge in [-0.05, 0) is 19.9 Å². The SMILES string of the molecule is CCn1cc(Nc2ncc(C)c(NCc3cc(F)cc(F)c3OC)n2)cn1. The summed E-state index contributed by atoms with van der Waals surface area (Å²) in [6, 6.07) is 2.01. The minimum atomic E-state index is -0.746. The fraction of sp³-hybridized carbons (Fsp3) is 0.278. The first-order valence-electron chi connectivity index (χ1n) is 8.39. The topological polar surface area (TPSA) is 76.9 Å². The van der Waals surface area contributed by atoms with Gasteiger partial charge < -0.3 is 15.4 Å². The zero-order valence-electron chi connectivity index (χ0n) is 15.3. The monoisotopic (exact) mass is 374 g/mol. The fourth-order valence-corrected chi connectivity index (χ4v) is 2.56. The molecule has 0 unspecified atom stereocenters. The maximum Gasteiger partial charge on any atom is 0.229 e. The Bertz CT molecular complexity index is 944. The van der Waals surface area contributed by atoms with Crippen molar-refractivity contribution in [1.29, 1.82) is 0 Å². The third kappa shape index (κ3) is 4.30. The van der Waals surface area contributed by atoms with Crippen molar-refractivity contribution in [2.75, 3.05) is 17.7 Å². The Hall–Kier alpha value is -3.23. The third-order valence-electron chi connectivity index (χ3n) is 3.92. The van der Waals surface area contributed by atoms with Crippen molar-refractivity contribution in [2.24, 2.45) is 0 Å². The van der Waals surface area contributed by atoms with Gasteiger partial charge in [0, 0.05) is 42.7 Å². The quantitative estimate of drug-likeness (QED) is 0.657. The van der Waals surface area contributed by atoms with E-state index in [4.69, 9.17) is 4.74 Å². The Morgan fingerprint density at radius 3 is 2.74 bits per heavy atom. The summed E-state index contributed by atoms with van der Waals surface area (Å²) in [6.07, 6.45) is 5.18. The zero-order chi connectivity index (χ0) is 19.4. The Labute approximate surface area is 155 Å². The highest BCUT2D eigenvalue weighted by Gasteiger charge is 2.13. The summed E-state index contributed by atoms with van der Waals surface area (Å²) in [5, 5.41) is 10.3. The molecule has 0 bridgehead atoms. The number of halogens is 2. The maximum atomic E-state index is 13.8. The van der Waals surface area contributed by atoms with Crippen LogP contribution in [0.3, 0.4) is 0 Å². The number of ether oxygens (including phenoxy) is 1. The van der Waals surface area contributed by atoms with E-state index >= 15 is 0 Å². The first-order valence-corrected chi connectivity index (χ1v) is 8.39. The molecule has 7 nitrogen and oxygen atoms in total. The Balaban J connectivity index is 1.77. The van der Waals surface area contributed by atoms with Gasteiger partial charge in [-0.25, -0.2) is 13.8 Å². The van der Waals surface area contributed by atoms with Crippen LogP contribution in [-0.4, -0.2) is 26.9 Å². The van der Waals surface area contributed by atoms with Crippen LogP contribution in [0.25, 0.3) is 0 Å². The van der Waals surface area contributed by atoms with E-state index in [1.54, 1.807) is 17.1 Å². The van der Waals surface area contributed by atoms with Crippen molar-refractivity contribution in [3.8, 4) is 5.75 Å².